The highest BCUT2D eigenvalue weighted by molar-refractivity contribution is 14.1. The monoisotopic (exact) mass is 582 g/mol. The van der Waals surface area contributed by atoms with E-state index in [-0.39, 0.29) is 11.6 Å². The maximum atomic E-state index is 13.7. The zero-order valence-electron chi connectivity index (χ0n) is 17.7. The minimum Gasteiger partial charge on any atom is -0.496 e. The van der Waals surface area contributed by atoms with Crippen LogP contribution in [0.3, 0.4) is 0 Å². The van der Waals surface area contributed by atoms with Crippen molar-refractivity contribution >= 4 is 57.0 Å². The lowest BCUT2D eigenvalue weighted by Gasteiger charge is -2.30. The fraction of sp³-hybridized carbons (Fsp3) is 0.154. The first-order valence-electron chi connectivity index (χ1n) is 10.6. The summed E-state index contributed by atoms with van der Waals surface area (Å²) in [5.74, 6) is 0.832. The van der Waals surface area contributed by atoms with Gasteiger partial charge in [-0.25, -0.2) is 4.99 Å². The van der Waals surface area contributed by atoms with Gasteiger partial charge in [-0.3, -0.25) is 9.36 Å². The number of allylic oxidation sites excluding steroid dienone is 1. The smallest absolute Gasteiger partial charge is 0.271 e. The highest BCUT2D eigenvalue weighted by atomic mass is 127. The van der Waals surface area contributed by atoms with E-state index in [2.05, 4.69) is 64.4 Å². The van der Waals surface area contributed by atoms with E-state index in [1.54, 1.807) is 18.4 Å². The normalized spacial score (nSPS) is 17.3. The molecule has 33 heavy (non-hydrogen) atoms. The zero-order valence-corrected chi connectivity index (χ0v) is 21.5. The summed E-state index contributed by atoms with van der Waals surface area (Å²) in [6.45, 7) is 0. The number of nitrogens with zero attached hydrogens (tertiary/aromatic N) is 2. The van der Waals surface area contributed by atoms with Gasteiger partial charge in [0, 0.05) is 10.4 Å². The molecular formula is C26H19IN2O2S2. The summed E-state index contributed by atoms with van der Waals surface area (Å²) >= 11 is 5.43. The number of methoxy groups -OCH3 is 1. The molecule has 6 rings (SSSR count). The lowest BCUT2D eigenvalue weighted by Crippen LogP contribution is -2.38. The number of aryl methyl sites for hydroxylation is 1. The van der Waals surface area contributed by atoms with Crippen molar-refractivity contribution in [2.24, 2.45) is 4.99 Å². The predicted molar refractivity (Wildman–Crippen MR) is 143 cm³/mol. The van der Waals surface area contributed by atoms with E-state index >= 15 is 0 Å². The first-order valence-corrected chi connectivity index (χ1v) is 13.4. The molecule has 7 heteroatoms. The van der Waals surface area contributed by atoms with Gasteiger partial charge in [-0.2, -0.15) is 0 Å². The molecule has 3 heterocycles. The van der Waals surface area contributed by atoms with Gasteiger partial charge in [0.25, 0.3) is 5.56 Å². The molecule has 0 radical (unpaired) electrons. The molecule has 0 amide bonds. The lowest BCUT2D eigenvalue weighted by molar-refractivity contribution is 0.412. The Bertz CT molecular complexity index is 1600. The molecule has 1 atom stereocenters. The van der Waals surface area contributed by atoms with Gasteiger partial charge in [0.2, 0.25) is 0 Å². The van der Waals surface area contributed by atoms with Crippen LogP contribution in [0.5, 0.6) is 5.75 Å². The van der Waals surface area contributed by atoms with E-state index in [0.717, 1.165) is 38.2 Å². The van der Waals surface area contributed by atoms with Gasteiger partial charge in [-0.05, 0) is 81.8 Å². The number of thiazole rings is 1. The van der Waals surface area contributed by atoms with Crippen LogP contribution in [0.4, 0.5) is 0 Å². The first kappa shape index (κ1) is 21.1. The molecule has 0 spiro atoms. The van der Waals surface area contributed by atoms with Crippen LogP contribution >= 0.6 is 45.3 Å². The average molecular weight is 582 g/mol. The second kappa shape index (κ2) is 8.38. The minimum atomic E-state index is -0.0947. The van der Waals surface area contributed by atoms with Crippen LogP contribution in [0.15, 0.2) is 75.3 Å². The summed E-state index contributed by atoms with van der Waals surface area (Å²) in [6, 6.07) is 18.6. The van der Waals surface area contributed by atoms with Crippen LogP contribution in [0, 0.1) is 3.57 Å². The molecule has 2 aromatic heterocycles. The van der Waals surface area contributed by atoms with Crippen molar-refractivity contribution < 1.29 is 4.74 Å². The molecule has 1 aliphatic carbocycles. The average Bonchev–Trinajstić information content (AvgIpc) is 3.46. The fourth-order valence-corrected chi connectivity index (χ4v) is 7.25. The van der Waals surface area contributed by atoms with Gasteiger partial charge in [0.05, 0.1) is 27.0 Å². The quantitative estimate of drug-likeness (QED) is 0.320. The molecule has 164 valence electrons. The third kappa shape index (κ3) is 3.53. The standard InChI is InChI=1S/C26H19IN2O2S2/c1-31-20-11-8-15(13-19(20)27)14-22-25(30)29-24(21-7-4-12-32-21)18-10-9-16-5-2-3-6-17(16)23(18)28-26(29)33-22/h2-8,11-14,24H,9-10H2,1H3/b22-14-/t24-/m0/s1. The number of aromatic nitrogens is 1. The molecule has 4 nitrogen and oxygen atoms in total. The van der Waals surface area contributed by atoms with Crippen LogP contribution < -0.4 is 19.6 Å². The van der Waals surface area contributed by atoms with Gasteiger partial charge in [0.15, 0.2) is 4.80 Å². The van der Waals surface area contributed by atoms with Crippen molar-refractivity contribution in [3.63, 3.8) is 0 Å². The summed E-state index contributed by atoms with van der Waals surface area (Å²) in [4.78, 5) is 20.7. The lowest BCUT2D eigenvalue weighted by atomic mass is 9.85. The van der Waals surface area contributed by atoms with Gasteiger partial charge >= 0.3 is 0 Å². The molecular weight excluding hydrogens is 563 g/mol. The van der Waals surface area contributed by atoms with E-state index in [0.29, 0.717) is 4.53 Å². The Labute approximate surface area is 212 Å². The Balaban J connectivity index is 1.59. The van der Waals surface area contributed by atoms with Crippen molar-refractivity contribution in [3.8, 4) is 5.75 Å². The van der Waals surface area contributed by atoms with E-state index in [9.17, 15) is 4.79 Å². The Kier molecular flexibility index (Phi) is 5.35. The number of hydrogen-bond donors (Lipinski definition) is 0. The second-order valence-corrected chi connectivity index (χ2v) is 11.2. The van der Waals surface area contributed by atoms with E-state index in [1.807, 2.05) is 28.8 Å². The van der Waals surface area contributed by atoms with E-state index < -0.39 is 0 Å². The van der Waals surface area contributed by atoms with Crippen molar-refractivity contribution in [3.05, 3.63) is 110 Å². The Morgan fingerprint density at radius 3 is 2.82 bits per heavy atom. The molecule has 0 N–H and O–H groups in total. The second-order valence-electron chi connectivity index (χ2n) is 8.02. The third-order valence-electron chi connectivity index (χ3n) is 6.16. The van der Waals surface area contributed by atoms with Crippen molar-refractivity contribution in [2.45, 2.75) is 18.9 Å². The molecule has 1 aliphatic heterocycles. The number of rotatable bonds is 3. The zero-order chi connectivity index (χ0) is 22.5. The largest absolute Gasteiger partial charge is 0.496 e. The summed E-state index contributed by atoms with van der Waals surface area (Å²) < 4.78 is 8.99. The molecule has 2 aromatic carbocycles. The summed E-state index contributed by atoms with van der Waals surface area (Å²) in [5.41, 5.74) is 5.82. The van der Waals surface area contributed by atoms with Gasteiger partial charge < -0.3 is 4.74 Å². The van der Waals surface area contributed by atoms with Crippen LogP contribution in [-0.4, -0.2) is 11.7 Å². The van der Waals surface area contributed by atoms with Crippen LogP contribution in [0.2, 0.25) is 0 Å². The summed E-state index contributed by atoms with van der Waals surface area (Å²) in [7, 11) is 1.67. The highest BCUT2D eigenvalue weighted by Crippen LogP contribution is 2.42. The Morgan fingerprint density at radius 2 is 2.03 bits per heavy atom. The SMILES string of the molecule is COc1ccc(/C=c2\sc3n(c2=O)[C@H](c2cccs2)C2=C(N=3)c3ccccc3CC2)cc1I. The van der Waals surface area contributed by atoms with Crippen LogP contribution in [-0.2, 0) is 6.42 Å². The Morgan fingerprint density at radius 1 is 1.15 bits per heavy atom. The van der Waals surface area contributed by atoms with Crippen molar-refractivity contribution in [2.75, 3.05) is 7.11 Å². The van der Waals surface area contributed by atoms with Crippen LogP contribution in [0.25, 0.3) is 11.8 Å². The van der Waals surface area contributed by atoms with Crippen molar-refractivity contribution in [1.82, 2.24) is 4.57 Å². The number of ether oxygens (including phenoxy) is 1. The van der Waals surface area contributed by atoms with E-state index in [4.69, 9.17) is 9.73 Å². The third-order valence-corrected chi connectivity index (χ3v) is 8.91. The topological polar surface area (TPSA) is 43.6 Å². The number of hydrogen-bond acceptors (Lipinski definition) is 5. The van der Waals surface area contributed by atoms with Crippen molar-refractivity contribution in [1.29, 1.82) is 0 Å². The summed E-state index contributed by atoms with van der Waals surface area (Å²) in [6.07, 6.45) is 3.85. The number of benzene rings is 2. The first-order chi connectivity index (χ1) is 16.1. The summed E-state index contributed by atoms with van der Waals surface area (Å²) in [5, 5.41) is 2.08. The predicted octanol–water partition coefficient (Wildman–Crippen LogP) is 4.99. The maximum absolute atomic E-state index is 13.7. The maximum Gasteiger partial charge on any atom is 0.271 e. The fourth-order valence-electron chi connectivity index (χ4n) is 4.64. The minimum absolute atomic E-state index is 0.0217. The molecule has 0 saturated carbocycles. The number of halogens is 1. The molecule has 0 saturated heterocycles. The highest BCUT2D eigenvalue weighted by Gasteiger charge is 2.32. The van der Waals surface area contributed by atoms with Gasteiger partial charge in [-0.1, -0.05) is 47.7 Å². The molecule has 0 unspecified atom stereocenters. The Hall–Kier alpha value is -2.49. The molecule has 4 aromatic rings. The van der Waals surface area contributed by atoms with Crippen LogP contribution in [0.1, 0.15) is 34.0 Å². The number of fused-ring (bicyclic) bond motifs is 3. The van der Waals surface area contributed by atoms with Gasteiger partial charge in [0.1, 0.15) is 5.75 Å². The van der Waals surface area contributed by atoms with Gasteiger partial charge in [-0.15, -0.1) is 11.3 Å². The molecule has 0 fully saturated rings. The van der Waals surface area contributed by atoms with E-state index in [1.165, 1.54) is 32.9 Å². The molecule has 2 aliphatic rings. The number of thiophene rings is 1. The molecule has 0 bridgehead atoms.